The Hall–Kier alpha value is -2.44. The van der Waals surface area contributed by atoms with E-state index in [1.165, 1.54) is 4.90 Å². The second kappa shape index (κ2) is 12.0. The molecule has 27 heavy (non-hydrogen) atoms. The van der Waals surface area contributed by atoms with Gasteiger partial charge in [-0.05, 0) is 44.9 Å². The number of anilines is 2. The number of nitrogens with zero attached hydrogens (tertiary/aromatic N) is 1. The van der Waals surface area contributed by atoms with Crippen LogP contribution in [0.5, 0.6) is 0 Å². The van der Waals surface area contributed by atoms with Gasteiger partial charge in [0.2, 0.25) is 0 Å². The number of ether oxygens (including phenoxy) is 2. The van der Waals surface area contributed by atoms with E-state index in [1.54, 1.807) is 57.3 Å². The van der Waals surface area contributed by atoms with E-state index in [0.29, 0.717) is 37.4 Å². The van der Waals surface area contributed by atoms with Crippen LogP contribution >= 0.6 is 0 Å². The van der Waals surface area contributed by atoms with Crippen LogP contribution in [0, 0.1) is 0 Å². The molecule has 0 saturated carbocycles. The first-order valence-corrected chi connectivity index (χ1v) is 9.04. The van der Waals surface area contributed by atoms with Gasteiger partial charge in [-0.15, -0.1) is 13.2 Å². The predicted molar refractivity (Wildman–Crippen MR) is 109 cm³/mol. The number of hydrogen-bond donors (Lipinski definition) is 1. The summed E-state index contributed by atoms with van der Waals surface area (Å²) in [6, 6.07) is 7.08. The molecule has 2 unspecified atom stereocenters. The molecule has 2 amide bonds. The van der Waals surface area contributed by atoms with Gasteiger partial charge in [-0.1, -0.05) is 18.2 Å². The maximum Gasteiger partial charge on any atom is 0.255 e. The monoisotopic (exact) mass is 374 g/mol. The molecule has 0 saturated heterocycles. The Morgan fingerprint density at radius 3 is 2.30 bits per heavy atom. The van der Waals surface area contributed by atoms with E-state index in [2.05, 4.69) is 18.5 Å². The van der Waals surface area contributed by atoms with Gasteiger partial charge < -0.3 is 19.7 Å². The topological polar surface area (TPSA) is 67.9 Å². The van der Waals surface area contributed by atoms with Gasteiger partial charge in [-0.25, -0.2) is 0 Å². The molecule has 1 aromatic carbocycles. The lowest BCUT2D eigenvalue weighted by Crippen LogP contribution is -2.36. The normalized spacial score (nSPS) is 12.7. The van der Waals surface area contributed by atoms with Crippen LogP contribution in [-0.2, 0) is 19.1 Å². The minimum atomic E-state index is -0.578. The number of hydrogen-bond acceptors (Lipinski definition) is 4. The van der Waals surface area contributed by atoms with Crippen molar-refractivity contribution >= 4 is 23.2 Å². The van der Waals surface area contributed by atoms with Crippen LogP contribution in [0.4, 0.5) is 11.4 Å². The summed E-state index contributed by atoms with van der Waals surface area (Å²) >= 11 is 0. The van der Waals surface area contributed by atoms with Crippen molar-refractivity contribution in [1.82, 2.24) is 0 Å². The third-order valence-corrected chi connectivity index (χ3v) is 3.93. The highest BCUT2D eigenvalue weighted by Gasteiger charge is 2.20. The molecule has 1 N–H and O–H groups in total. The van der Waals surface area contributed by atoms with E-state index in [1.807, 2.05) is 0 Å². The molecule has 0 aliphatic rings. The molecule has 6 nitrogen and oxygen atoms in total. The van der Waals surface area contributed by atoms with E-state index < -0.39 is 12.2 Å². The fourth-order valence-electron chi connectivity index (χ4n) is 2.24. The molecule has 0 aromatic heterocycles. The largest absolute Gasteiger partial charge is 0.368 e. The highest BCUT2D eigenvalue weighted by atomic mass is 16.5. The number of rotatable bonds is 12. The van der Waals surface area contributed by atoms with Crippen molar-refractivity contribution in [2.24, 2.45) is 0 Å². The highest BCUT2D eigenvalue weighted by Crippen LogP contribution is 2.20. The molecule has 2 atom stereocenters. The first-order chi connectivity index (χ1) is 12.9. The van der Waals surface area contributed by atoms with Crippen LogP contribution in [0.15, 0.2) is 49.6 Å². The lowest BCUT2D eigenvalue weighted by atomic mass is 10.2. The van der Waals surface area contributed by atoms with Gasteiger partial charge in [0, 0.05) is 18.4 Å². The van der Waals surface area contributed by atoms with Gasteiger partial charge in [-0.2, -0.15) is 0 Å². The van der Waals surface area contributed by atoms with Gasteiger partial charge in [0.1, 0.15) is 12.2 Å². The summed E-state index contributed by atoms with van der Waals surface area (Å²) in [6.07, 6.45) is 3.72. The second-order valence-electron chi connectivity index (χ2n) is 6.12. The zero-order valence-electron chi connectivity index (χ0n) is 16.4. The average Bonchev–Trinajstić information content (AvgIpc) is 2.67. The molecule has 0 spiro atoms. The molecule has 0 bridgehead atoms. The Morgan fingerprint density at radius 1 is 1.11 bits per heavy atom. The number of carbonyl (C=O) groups is 2. The Bertz CT molecular complexity index is 645. The first kappa shape index (κ1) is 22.6. The smallest absolute Gasteiger partial charge is 0.255 e. The van der Waals surface area contributed by atoms with Crippen molar-refractivity contribution in [2.75, 3.05) is 30.5 Å². The average molecular weight is 374 g/mol. The van der Waals surface area contributed by atoms with Crippen LogP contribution < -0.4 is 10.2 Å². The first-order valence-electron chi connectivity index (χ1n) is 9.04. The van der Waals surface area contributed by atoms with Crippen molar-refractivity contribution < 1.29 is 19.1 Å². The standard InChI is InChI=1S/C21H30N2O4/c1-6-8-13-26-16(3)20(24)22-18-11-10-12-19(15-18)23(5)21(25)17(4)27-14-9-7-2/h6-7,10-12,15-17H,1-2,8-9,13-14H2,3-5H3,(H,22,24). The van der Waals surface area contributed by atoms with E-state index >= 15 is 0 Å². The number of carbonyl (C=O) groups excluding carboxylic acids is 2. The summed E-state index contributed by atoms with van der Waals surface area (Å²) in [5.74, 6) is -0.407. The zero-order chi connectivity index (χ0) is 20.2. The fraction of sp³-hybridized carbons (Fsp3) is 0.429. The Kier molecular flexibility index (Phi) is 10.1. The number of nitrogens with one attached hydrogen (secondary N) is 1. The van der Waals surface area contributed by atoms with E-state index in [-0.39, 0.29) is 11.8 Å². The summed E-state index contributed by atoms with van der Waals surface area (Å²) in [4.78, 5) is 26.2. The molecule has 6 heteroatoms. The van der Waals surface area contributed by atoms with Crippen LogP contribution in [0.25, 0.3) is 0 Å². The quantitative estimate of drug-likeness (QED) is 0.449. The maximum atomic E-state index is 12.5. The van der Waals surface area contributed by atoms with Gasteiger partial charge in [0.05, 0.1) is 13.2 Å². The molecule has 1 rings (SSSR count). The minimum Gasteiger partial charge on any atom is -0.368 e. The third-order valence-electron chi connectivity index (χ3n) is 3.93. The summed E-state index contributed by atoms with van der Waals surface area (Å²) in [7, 11) is 1.68. The molecular formula is C21H30N2O4. The number of amides is 2. The Balaban J connectivity index is 2.68. The lowest BCUT2D eigenvalue weighted by Gasteiger charge is -2.22. The molecule has 0 aliphatic carbocycles. The second-order valence-corrected chi connectivity index (χ2v) is 6.12. The third kappa shape index (κ3) is 7.76. The fourth-order valence-corrected chi connectivity index (χ4v) is 2.24. The van der Waals surface area contributed by atoms with Crippen LogP contribution in [0.2, 0.25) is 0 Å². The van der Waals surface area contributed by atoms with Crippen LogP contribution in [0.3, 0.4) is 0 Å². The van der Waals surface area contributed by atoms with Gasteiger partial charge >= 0.3 is 0 Å². The van der Waals surface area contributed by atoms with Gasteiger partial charge in [0.15, 0.2) is 0 Å². The summed E-state index contributed by atoms with van der Waals surface area (Å²) in [6.45, 7) is 11.6. The van der Waals surface area contributed by atoms with Gasteiger partial charge in [-0.3, -0.25) is 9.59 Å². The van der Waals surface area contributed by atoms with Crippen LogP contribution in [-0.4, -0.2) is 44.3 Å². The summed E-state index contributed by atoms with van der Waals surface area (Å²) < 4.78 is 10.9. The SMILES string of the molecule is C=CCCOC(C)C(=O)Nc1cccc(N(C)C(=O)C(C)OCCC=C)c1. The number of likely N-dealkylation sites (N-methyl/N-ethyl adjacent to an activating group) is 1. The molecule has 0 fully saturated rings. The van der Waals surface area contributed by atoms with Crippen LogP contribution in [0.1, 0.15) is 26.7 Å². The molecule has 0 heterocycles. The van der Waals surface area contributed by atoms with Crippen molar-refractivity contribution in [3.63, 3.8) is 0 Å². The Labute approximate surface area is 161 Å². The van der Waals surface area contributed by atoms with E-state index in [4.69, 9.17) is 9.47 Å². The van der Waals surface area contributed by atoms with Crippen molar-refractivity contribution in [2.45, 2.75) is 38.9 Å². The maximum absolute atomic E-state index is 12.5. The summed E-state index contributed by atoms with van der Waals surface area (Å²) in [5, 5.41) is 2.80. The molecule has 148 valence electrons. The lowest BCUT2D eigenvalue weighted by molar-refractivity contribution is -0.128. The van der Waals surface area contributed by atoms with Crippen molar-refractivity contribution in [3.05, 3.63) is 49.6 Å². The zero-order valence-corrected chi connectivity index (χ0v) is 16.4. The minimum absolute atomic E-state index is 0.163. The summed E-state index contributed by atoms with van der Waals surface area (Å²) in [5.41, 5.74) is 1.26. The molecular weight excluding hydrogens is 344 g/mol. The number of benzene rings is 1. The molecule has 0 aliphatic heterocycles. The van der Waals surface area contributed by atoms with Crippen molar-refractivity contribution in [1.29, 1.82) is 0 Å². The molecule has 1 aromatic rings. The van der Waals surface area contributed by atoms with Crippen molar-refractivity contribution in [3.8, 4) is 0 Å². The molecule has 0 radical (unpaired) electrons. The highest BCUT2D eigenvalue weighted by molar-refractivity contribution is 5.98. The Morgan fingerprint density at radius 2 is 1.70 bits per heavy atom. The van der Waals surface area contributed by atoms with E-state index in [0.717, 1.165) is 0 Å². The van der Waals surface area contributed by atoms with E-state index in [9.17, 15) is 9.59 Å². The van der Waals surface area contributed by atoms with Gasteiger partial charge in [0.25, 0.3) is 11.8 Å². The predicted octanol–water partition coefficient (Wildman–Crippen LogP) is 3.55.